The molecule has 1 N–H and O–H groups in total. The van der Waals surface area contributed by atoms with Crippen molar-refractivity contribution in [2.45, 2.75) is 14.0 Å². The minimum Gasteiger partial charge on any atom is -0.490 e. The number of methoxy groups -OCH3 is 2. The molecule has 0 saturated heterocycles. The minimum absolute atomic E-state index is 0.0466. The van der Waals surface area contributed by atoms with Gasteiger partial charge in [0.2, 0.25) is 13.3 Å². The molecule has 1 aliphatic rings. The summed E-state index contributed by atoms with van der Waals surface area (Å²) in [6.07, 6.45) is 1.90. The quantitative estimate of drug-likeness (QED) is 0.642. The third-order valence-electron chi connectivity index (χ3n) is 2.83. The highest BCUT2D eigenvalue weighted by atomic mass is 35.6. The number of ether oxygens (including phenoxy) is 2. The van der Waals surface area contributed by atoms with Crippen LogP contribution in [0.15, 0.2) is 32.4 Å². The number of alkyl halides is 6. The van der Waals surface area contributed by atoms with Crippen molar-refractivity contribution < 1.29 is 13.9 Å². The van der Waals surface area contributed by atoms with Crippen LogP contribution in [0.25, 0.3) is 0 Å². The average Bonchev–Trinajstić information content (AvgIpc) is 2.93. The summed E-state index contributed by atoms with van der Waals surface area (Å²) in [7, 11) is 2.96. The smallest absolute Gasteiger partial charge is 0.328 e. The van der Waals surface area contributed by atoms with Crippen LogP contribution in [0.5, 0.6) is 11.7 Å². The van der Waals surface area contributed by atoms with E-state index in [2.05, 4.69) is 15.3 Å². The van der Waals surface area contributed by atoms with Crippen LogP contribution >= 0.6 is 69.6 Å². The average molecular weight is 470 g/mol. The molecular weight excluding hydrogens is 459 g/mol. The van der Waals surface area contributed by atoms with Gasteiger partial charge in [-0.3, -0.25) is 0 Å². The molecule has 2 heterocycles. The van der Waals surface area contributed by atoms with E-state index in [1.54, 1.807) is 12.1 Å². The largest absolute Gasteiger partial charge is 0.490 e. The van der Waals surface area contributed by atoms with Gasteiger partial charge in [-0.2, -0.15) is 0 Å². The van der Waals surface area contributed by atoms with E-state index in [4.69, 9.17) is 83.5 Å². The van der Waals surface area contributed by atoms with Gasteiger partial charge in [0.25, 0.3) is 0 Å². The molecule has 0 bridgehead atoms. The van der Waals surface area contributed by atoms with E-state index in [-0.39, 0.29) is 23.4 Å². The Balaban J connectivity index is 2.31. The lowest BCUT2D eigenvalue weighted by molar-refractivity contribution is 0.273. The van der Waals surface area contributed by atoms with E-state index in [0.29, 0.717) is 17.9 Å². The van der Waals surface area contributed by atoms with Gasteiger partial charge < -0.3 is 19.2 Å². The first-order valence-electron chi connectivity index (χ1n) is 6.54. The van der Waals surface area contributed by atoms with Gasteiger partial charge in [-0.1, -0.05) is 69.6 Å². The van der Waals surface area contributed by atoms with Crippen molar-refractivity contribution in [1.29, 1.82) is 0 Å². The molecular formula is C13H11Cl6N3O3. The standard InChI is InChI=1S/C13H11Cl6N3O3/c1-23-7-5-6(25-9(7)24-2)3-4-8-20-10(12(14,15)16)22-11(21-8)13(17,18)19/h4-5H,3H2,1-2H3,(H,20,21,22). The second-order valence-corrected chi connectivity index (χ2v) is 9.14. The summed E-state index contributed by atoms with van der Waals surface area (Å²) in [4.78, 5) is 8.21. The van der Waals surface area contributed by atoms with E-state index in [9.17, 15) is 0 Å². The van der Waals surface area contributed by atoms with Gasteiger partial charge in [0.1, 0.15) is 5.76 Å². The number of aliphatic imine (C=N–C) groups is 2. The van der Waals surface area contributed by atoms with Crippen molar-refractivity contribution in [3.05, 3.63) is 23.7 Å². The van der Waals surface area contributed by atoms with Gasteiger partial charge in [0.15, 0.2) is 17.5 Å². The van der Waals surface area contributed by atoms with Gasteiger partial charge in [0, 0.05) is 12.5 Å². The second kappa shape index (κ2) is 8.03. The fraction of sp³-hybridized carbons (Fsp3) is 0.385. The van der Waals surface area contributed by atoms with E-state index < -0.39 is 7.59 Å². The van der Waals surface area contributed by atoms with E-state index in [0.717, 1.165) is 0 Å². The van der Waals surface area contributed by atoms with Crippen LogP contribution in [-0.2, 0) is 6.42 Å². The van der Waals surface area contributed by atoms with Gasteiger partial charge in [0.05, 0.1) is 14.2 Å². The topological polar surface area (TPSA) is 68.3 Å². The summed E-state index contributed by atoms with van der Waals surface area (Å²) in [5, 5.41) is 2.60. The lowest BCUT2D eigenvalue weighted by Gasteiger charge is -2.24. The van der Waals surface area contributed by atoms with E-state index in [1.807, 2.05) is 0 Å². The molecule has 0 unspecified atom stereocenters. The highest BCUT2D eigenvalue weighted by Crippen LogP contribution is 2.34. The molecule has 2 rings (SSSR count). The Hall–Kier alpha value is -0.500. The third-order valence-corrected chi connectivity index (χ3v) is 3.91. The number of nitrogens with one attached hydrogen (secondary N) is 1. The Morgan fingerprint density at radius 2 is 1.60 bits per heavy atom. The molecule has 138 valence electrons. The van der Waals surface area contributed by atoms with Crippen molar-refractivity contribution in [2.24, 2.45) is 9.98 Å². The molecule has 0 aliphatic carbocycles. The van der Waals surface area contributed by atoms with Crippen LogP contribution < -0.4 is 14.8 Å². The molecule has 1 aliphatic heterocycles. The zero-order valence-corrected chi connectivity index (χ0v) is 17.3. The Morgan fingerprint density at radius 1 is 1.04 bits per heavy atom. The Bertz CT molecular complexity index is 677. The second-order valence-electron chi connectivity index (χ2n) is 4.58. The van der Waals surface area contributed by atoms with Gasteiger partial charge in [-0.25, -0.2) is 9.98 Å². The summed E-state index contributed by atoms with van der Waals surface area (Å²) >= 11 is 35.1. The minimum atomic E-state index is -1.85. The molecule has 12 heteroatoms. The molecule has 0 atom stereocenters. The number of rotatable bonds is 4. The number of hydrogen-bond donors (Lipinski definition) is 1. The maximum atomic E-state index is 5.85. The molecule has 1 aromatic rings. The van der Waals surface area contributed by atoms with Crippen LogP contribution in [0.2, 0.25) is 0 Å². The van der Waals surface area contributed by atoms with Crippen molar-refractivity contribution >= 4 is 81.3 Å². The lowest BCUT2D eigenvalue weighted by atomic mass is 10.3. The Labute approximate surface area is 173 Å². The lowest BCUT2D eigenvalue weighted by Crippen LogP contribution is -2.46. The highest BCUT2D eigenvalue weighted by molar-refractivity contribution is 6.79. The van der Waals surface area contributed by atoms with E-state index in [1.165, 1.54) is 14.2 Å². The molecule has 0 spiro atoms. The van der Waals surface area contributed by atoms with Crippen LogP contribution in [0, 0.1) is 0 Å². The number of allylic oxidation sites excluding steroid dienone is 1. The molecule has 0 radical (unpaired) electrons. The van der Waals surface area contributed by atoms with Crippen LogP contribution in [0.1, 0.15) is 5.76 Å². The number of amidine groups is 2. The van der Waals surface area contributed by atoms with Crippen molar-refractivity contribution in [3.8, 4) is 11.7 Å². The maximum Gasteiger partial charge on any atom is 0.328 e. The predicted octanol–water partition coefficient (Wildman–Crippen LogP) is 4.82. The Kier molecular flexibility index (Phi) is 6.68. The summed E-state index contributed by atoms with van der Waals surface area (Å²) < 4.78 is 11.9. The summed E-state index contributed by atoms with van der Waals surface area (Å²) in [5.74, 6) is 1.32. The fourth-order valence-electron chi connectivity index (χ4n) is 1.76. The first kappa shape index (κ1) is 20.8. The molecule has 25 heavy (non-hydrogen) atoms. The maximum absolute atomic E-state index is 5.85. The number of halogens is 6. The first-order chi connectivity index (χ1) is 11.5. The monoisotopic (exact) mass is 467 g/mol. The zero-order valence-electron chi connectivity index (χ0n) is 12.7. The third kappa shape index (κ3) is 5.49. The molecule has 6 nitrogen and oxygen atoms in total. The van der Waals surface area contributed by atoms with Crippen molar-refractivity contribution in [1.82, 2.24) is 5.32 Å². The predicted molar refractivity (Wildman–Crippen MR) is 102 cm³/mol. The molecule has 1 aromatic heterocycles. The first-order valence-corrected chi connectivity index (χ1v) is 8.81. The molecule has 0 fully saturated rings. The molecule has 0 aromatic carbocycles. The Morgan fingerprint density at radius 3 is 2.00 bits per heavy atom. The summed E-state index contributed by atoms with van der Waals surface area (Å²) in [6, 6.07) is 1.66. The SMILES string of the molecule is COc1cc(CC=C2N=C(C(Cl)(Cl)Cl)NC(C(Cl)(Cl)Cl)=N2)oc1OC. The van der Waals surface area contributed by atoms with Crippen molar-refractivity contribution in [2.75, 3.05) is 14.2 Å². The molecule has 0 amide bonds. The van der Waals surface area contributed by atoms with Gasteiger partial charge >= 0.3 is 5.95 Å². The number of hydrogen-bond acceptors (Lipinski definition) is 6. The van der Waals surface area contributed by atoms with Crippen molar-refractivity contribution in [3.63, 3.8) is 0 Å². The van der Waals surface area contributed by atoms with Crippen LogP contribution in [-0.4, -0.2) is 33.5 Å². The van der Waals surface area contributed by atoms with E-state index >= 15 is 0 Å². The highest BCUT2D eigenvalue weighted by Gasteiger charge is 2.37. The normalized spacial score (nSPS) is 15.3. The fourth-order valence-corrected chi connectivity index (χ4v) is 2.30. The summed E-state index contributed by atoms with van der Waals surface area (Å²) in [6.45, 7) is 0. The van der Waals surface area contributed by atoms with Gasteiger partial charge in [-0.15, -0.1) is 0 Å². The van der Waals surface area contributed by atoms with Gasteiger partial charge in [-0.05, 0) is 6.08 Å². The summed E-state index contributed by atoms with van der Waals surface area (Å²) in [5.41, 5.74) is 0. The van der Waals surface area contributed by atoms with Crippen LogP contribution in [0.4, 0.5) is 0 Å². The molecule has 0 saturated carbocycles. The zero-order chi connectivity index (χ0) is 18.8. The number of nitrogens with zero attached hydrogens (tertiary/aromatic N) is 2. The van der Waals surface area contributed by atoms with Crippen LogP contribution in [0.3, 0.4) is 0 Å². The number of furan rings is 1.